The summed E-state index contributed by atoms with van der Waals surface area (Å²) >= 11 is 9.19. The van der Waals surface area contributed by atoms with Crippen molar-refractivity contribution in [2.24, 2.45) is 0 Å². The Hall–Kier alpha value is -2.45. The number of nitrogens with zero attached hydrogens (tertiary/aromatic N) is 2. The lowest BCUT2D eigenvalue weighted by Crippen LogP contribution is -2.15. The van der Waals surface area contributed by atoms with Gasteiger partial charge in [0.1, 0.15) is 17.4 Å². The topological polar surface area (TPSA) is 56.2 Å². The lowest BCUT2D eigenvalue weighted by molar-refractivity contribution is 0.101. The number of hydrogen-bond donors (Lipinski definition) is 1. The first-order valence-electron chi connectivity index (χ1n) is 7.30. The van der Waals surface area contributed by atoms with Crippen LogP contribution in [0.2, 0.25) is 5.02 Å². The van der Waals surface area contributed by atoms with E-state index in [0.717, 1.165) is 18.2 Å². The van der Waals surface area contributed by atoms with E-state index in [4.69, 9.17) is 16.3 Å². The van der Waals surface area contributed by atoms with E-state index in [0.29, 0.717) is 15.2 Å². The molecule has 0 aliphatic heterocycles. The van der Waals surface area contributed by atoms with Gasteiger partial charge in [-0.2, -0.15) is 5.10 Å². The number of halogens is 4. The molecule has 9 heteroatoms. The molecule has 0 aliphatic rings. The number of rotatable bonds is 5. The summed E-state index contributed by atoms with van der Waals surface area (Å²) in [5.41, 5.74) is -0.224. The summed E-state index contributed by atoms with van der Waals surface area (Å²) in [7, 11) is 0. The van der Waals surface area contributed by atoms with Crippen LogP contribution in [0.5, 0.6) is 5.75 Å². The van der Waals surface area contributed by atoms with Crippen molar-refractivity contribution in [3.8, 4) is 5.75 Å². The molecule has 26 heavy (non-hydrogen) atoms. The lowest BCUT2D eigenvalue weighted by Gasteiger charge is -2.08. The minimum Gasteiger partial charge on any atom is -0.470 e. The Morgan fingerprint density at radius 1 is 1.23 bits per heavy atom. The van der Waals surface area contributed by atoms with Crippen LogP contribution >= 0.6 is 27.5 Å². The fourth-order valence-corrected chi connectivity index (χ4v) is 2.86. The zero-order chi connectivity index (χ0) is 18.7. The van der Waals surface area contributed by atoms with Crippen LogP contribution in [-0.2, 0) is 6.73 Å². The van der Waals surface area contributed by atoms with E-state index in [2.05, 4.69) is 26.3 Å². The second-order valence-corrected chi connectivity index (χ2v) is 6.46. The maximum atomic E-state index is 13.6. The van der Waals surface area contributed by atoms with E-state index >= 15 is 0 Å². The molecular weight excluding hydrogens is 432 g/mol. The Kier molecular flexibility index (Phi) is 5.53. The Morgan fingerprint density at radius 2 is 2.04 bits per heavy atom. The molecule has 0 saturated heterocycles. The highest BCUT2D eigenvalue weighted by Gasteiger charge is 2.13. The first kappa shape index (κ1) is 18.3. The average Bonchev–Trinajstić information content (AvgIpc) is 3.06. The number of carbonyl (C=O) groups is 1. The molecule has 5 nitrogen and oxygen atoms in total. The fraction of sp³-hybridized carbons (Fsp3) is 0.0588. The first-order valence-corrected chi connectivity index (χ1v) is 8.47. The van der Waals surface area contributed by atoms with Crippen molar-refractivity contribution < 1.29 is 18.3 Å². The third-order valence-electron chi connectivity index (χ3n) is 3.30. The van der Waals surface area contributed by atoms with E-state index in [1.54, 1.807) is 18.2 Å². The summed E-state index contributed by atoms with van der Waals surface area (Å²) in [6, 6.07) is 9.28. The van der Waals surface area contributed by atoms with Crippen molar-refractivity contribution in [3.63, 3.8) is 0 Å². The smallest absolute Gasteiger partial charge is 0.276 e. The minimum atomic E-state index is -0.741. The summed E-state index contributed by atoms with van der Waals surface area (Å²) < 4.78 is 34.4. The van der Waals surface area contributed by atoms with Crippen LogP contribution < -0.4 is 10.1 Å². The number of ether oxygens (including phenoxy) is 1. The Bertz CT molecular complexity index is 965. The molecule has 0 radical (unpaired) electrons. The summed E-state index contributed by atoms with van der Waals surface area (Å²) in [5.74, 6) is -1.51. The number of anilines is 1. The van der Waals surface area contributed by atoms with Gasteiger partial charge in [0.25, 0.3) is 5.91 Å². The van der Waals surface area contributed by atoms with Crippen LogP contribution in [0.15, 0.2) is 53.1 Å². The van der Waals surface area contributed by atoms with Gasteiger partial charge in [0.15, 0.2) is 12.4 Å². The second kappa shape index (κ2) is 7.84. The zero-order valence-corrected chi connectivity index (χ0v) is 15.4. The van der Waals surface area contributed by atoms with Crippen LogP contribution in [0.3, 0.4) is 0 Å². The molecule has 1 N–H and O–H groups in total. The van der Waals surface area contributed by atoms with E-state index in [1.165, 1.54) is 16.9 Å². The number of amides is 1. The zero-order valence-electron chi connectivity index (χ0n) is 13.0. The van der Waals surface area contributed by atoms with E-state index in [1.807, 2.05) is 0 Å². The SMILES string of the molecule is O=C(Nc1cc(F)ccc1F)c1ccn(COc2ccc(Cl)cc2Br)n1. The molecule has 1 aromatic heterocycles. The highest BCUT2D eigenvalue weighted by Crippen LogP contribution is 2.28. The quantitative estimate of drug-likeness (QED) is 0.614. The maximum absolute atomic E-state index is 13.6. The predicted molar refractivity (Wildman–Crippen MR) is 96.3 cm³/mol. The summed E-state index contributed by atoms with van der Waals surface area (Å²) in [6.07, 6.45) is 1.53. The minimum absolute atomic E-state index is 0.0347. The van der Waals surface area contributed by atoms with Crippen LogP contribution in [0, 0.1) is 11.6 Å². The van der Waals surface area contributed by atoms with E-state index in [-0.39, 0.29) is 18.1 Å². The van der Waals surface area contributed by atoms with Crippen LogP contribution in [0.25, 0.3) is 0 Å². The molecule has 0 unspecified atom stereocenters. The van der Waals surface area contributed by atoms with Gasteiger partial charge in [-0.25, -0.2) is 13.5 Å². The third kappa shape index (κ3) is 4.39. The molecule has 134 valence electrons. The van der Waals surface area contributed by atoms with Crippen molar-refractivity contribution >= 4 is 39.1 Å². The molecule has 1 amide bonds. The molecule has 2 aromatic carbocycles. The van der Waals surface area contributed by atoms with Crippen molar-refractivity contribution in [1.29, 1.82) is 0 Å². The number of benzene rings is 2. The van der Waals surface area contributed by atoms with E-state index in [9.17, 15) is 13.6 Å². The van der Waals surface area contributed by atoms with Crippen molar-refractivity contribution in [2.45, 2.75) is 6.73 Å². The highest BCUT2D eigenvalue weighted by molar-refractivity contribution is 9.10. The molecule has 3 rings (SSSR count). The summed E-state index contributed by atoms with van der Waals surface area (Å²) in [6.45, 7) is 0.0435. The fourth-order valence-electron chi connectivity index (χ4n) is 2.06. The standard InChI is InChI=1S/C17H11BrClF2N3O2/c18-12-7-10(19)1-4-16(12)26-9-24-6-5-14(23-24)17(25)22-15-8-11(20)2-3-13(15)21/h1-8H,9H2,(H,22,25). The Morgan fingerprint density at radius 3 is 2.81 bits per heavy atom. The third-order valence-corrected chi connectivity index (χ3v) is 4.15. The number of aromatic nitrogens is 2. The van der Waals surface area contributed by atoms with Gasteiger partial charge >= 0.3 is 0 Å². The molecule has 0 aliphatic carbocycles. The Balaban J connectivity index is 1.65. The van der Waals surface area contributed by atoms with Gasteiger partial charge in [0, 0.05) is 17.3 Å². The van der Waals surface area contributed by atoms with Gasteiger partial charge in [-0.15, -0.1) is 0 Å². The monoisotopic (exact) mass is 441 g/mol. The van der Waals surface area contributed by atoms with Gasteiger partial charge < -0.3 is 10.1 Å². The predicted octanol–water partition coefficient (Wildman–Crippen LogP) is 4.87. The normalized spacial score (nSPS) is 10.6. The summed E-state index contributed by atoms with van der Waals surface area (Å²) in [5, 5.41) is 6.88. The number of hydrogen-bond acceptors (Lipinski definition) is 3. The highest BCUT2D eigenvalue weighted by atomic mass is 79.9. The van der Waals surface area contributed by atoms with Gasteiger partial charge in [0.2, 0.25) is 0 Å². The molecule has 0 spiro atoms. The van der Waals surface area contributed by atoms with Crippen LogP contribution in [0.4, 0.5) is 14.5 Å². The molecule has 0 atom stereocenters. The van der Waals surface area contributed by atoms with Gasteiger partial charge in [-0.05, 0) is 52.3 Å². The van der Waals surface area contributed by atoms with Gasteiger partial charge in [-0.1, -0.05) is 11.6 Å². The van der Waals surface area contributed by atoms with Gasteiger partial charge in [0.05, 0.1) is 10.2 Å². The van der Waals surface area contributed by atoms with Gasteiger partial charge in [-0.3, -0.25) is 4.79 Å². The van der Waals surface area contributed by atoms with Crippen LogP contribution in [0.1, 0.15) is 10.5 Å². The molecule has 3 aromatic rings. The molecular formula is C17H11BrClF2N3O2. The van der Waals surface area contributed by atoms with Crippen molar-refractivity contribution in [1.82, 2.24) is 9.78 Å². The van der Waals surface area contributed by atoms with E-state index < -0.39 is 17.5 Å². The second-order valence-electron chi connectivity index (χ2n) is 5.17. The van der Waals surface area contributed by atoms with Crippen molar-refractivity contribution in [2.75, 3.05) is 5.32 Å². The van der Waals surface area contributed by atoms with Crippen LogP contribution in [-0.4, -0.2) is 15.7 Å². The Labute approximate surface area is 160 Å². The first-order chi connectivity index (χ1) is 12.4. The molecule has 1 heterocycles. The molecule has 0 saturated carbocycles. The largest absolute Gasteiger partial charge is 0.470 e. The maximum Gasteiger partial charge on any atom is 0.276 e. The average molecular weight is 443 g/mol. The van der Waals surface area contributed by atoms with Crippen molar-refractivity contribution in [3.05, 3.63) is 75.5 Å². The summed E-state index contributed by atoms with van der Waals surface area (Å²) in [4.78, 5) is 12.1. The molecule has 0 fully saturated rings. The number of carbonyl (C=O) groups excluding carboxylic acids is 1. The lowest BCUT2D eigenvalue weighted by atomic mass is 10.3. The number of nitrogens with one attached hydrogen (secondary N) is 1. The molecule has 0 bridgehead atoms.